The van der Waals surface area contributed by atoms with Crippen molar-refractivity contribution >= 4 is 45.0 Å². The Morgan fingerprint density at radius 1 is 1.14 bits per heavy atom. The number of ether oxygens (including phenoxy) is 1. The van der Waals surface area contributed by atoms with Gasteiger partial charge in [-0.15, -0.1) is 0 Å². The van der Waals surface area contributed by atoms with E-state index in [2.05, 4.69) is 20.9 Å². The van der Waals surface area contributed by atoms with Gasteiger partial charge < -0.3 is 14.7 Å². The van der Waals surface area contributed by atoms with E-state index in [-0.39, 0.29) is 24.0 Å². The van der Waals surface area contributed by atoms with Crippen molar-refractivity contribution in [1.29, 1.82) is 0 Å². The van der Waals surface area contributed by atoms with Gasteiger partial charge in [0, 0.05) is 41.1 Å². The second kappa shape index (κ2) is 9.48. The number of hydrogen-bond acceptors (Lipinski definition) is 4. The third-order valence-corrected chi connectivity index (χ3v) is 5.22. The normalized spacial score (nSPS) is 10.6. The summed E-state index contributed by atoms with van der Waals surface area (Å²) in [4.78, 5) is 19.1. The molecule has 1 amide bonds. The van der Waals surface area contributed by atoms with Gasteiger partial charge in [0.1, 0.15) is 0 Å². The molecule has 0 saturated carbocycles. The molecule has 1 N–H and O–H groups in total. The Kier molecular flexibility index (Phi) is 7.00. The molecule has 2 aromatic carbocycles. The topological polar surface area (TPSA) is 62.7 Å². The molecule has 1 aromatic heterocycles. The Balaban J connectivity index is 1.97. The lowest BCUT2D eigenvalue weighted by Crippen LogP contribution is -2.30. The van der Waals surface area contributed by atoms with E-state index in [9.17, 15) is 9.90 Å². The Labute approximate surface area is 187 Å². The number of phenolic OH excluding ortho intramolecular Hbond substituents is 1. The van der Waals surface area contributed by atoms with Gasteiger partial charge in [-0.1, -0.05) is 29.3 Å². The zero-order valence-electron chi connectivity index (χ0n) is 15.4. The SMILES string of the molecule is COc1cc(C(=O)N(Cc2cccnc2)Cc2cc(Cl)cc(Cl)c2)cc(Br)c1O. The van der Waals surface area contributed by atoms with E-state index < -0.39 is 0 Å². The highest BCUT2D eigenvalue weighted by Crippen LogP contribution is 2.35. The molecule has 150 valence electrons. The van der Waals surface area contributed by atoms with Crippen LogP contribution in [-0.4, -0.2) is 28.0 Å². The number of aromatic nitrogens is 1. The lowest BCUT2D eigenvalue weighted by atomic mass is 10.1. The van der Waals surface area contributed by atoms with E-state index in [0.717, 1.165) is 11.1 Å². The molecule has 0 bridgehead atoms. The van der Waals surface area contributed by atoms with Crippen LogP contribution in [0.3, 0.4) is 0 Å². The van der Waals surface area contributed by atoms with Crippen LogP contribution in [-0.2, 0) is 13.1 Å². The van der Waals surface area contributed by atoms with Crippen molar-refractivity contribution in [3.8, 4) is 11.5 Å². The highest BCUT2D eigenvalue weighted by atomic mass is 79.9. The first-order chi connectivity index (χ1) is 13.9. The number of aromatic hydroxyl groups is 1. The number of carbonyl (C=O) groups excluding carboxylic acids is 1. The Hall–Kier alpha value is -2.28. The number of phenols is 1. The largest absolute Gasteiger partial charge is 0.503 e. The number of nitrogens with zero attached hydrogens (tertiary/aromatic N) is 2. The fourth-order valence-electron chi connectivity index (χ4n) is 2.87. The third-order valence-electron chi connectivity index (χ3n) is 4.17. The van der Waals surface area contributed by atoms with Gasteiger partial charge in [0.15, 0.2) is 11.5 Å². The minimum atomic E-state index is -0.246. The molecule has 0 aliphatic heterocycles. The molecule has 0 saturated heterocycles. The molecule has 0 unspecified atom stereocenters. The summed E-state index contributed by atoms with van der Waals surface area (Å²) in [6.45, 7) is 0.617. The van der Waals surface area contributed by atoms with Gasteiger partial charge in [-0.25, -0.2) is 0 Å². The minimum Gasteiger partial charge on any atom is -0.503 e. The van der Waals surface area contributed by atoms with Crippen LogP contribution in [0.2, 0.25) is 10.0 Å². The van der Waals surface area contributed by atoms with Crippen molar-refractivity contribution in [2.24, 2.45) is 0 Å². The summed E-state index contributed by atoms with van der Waals surface area (Å²) in [6, 6.07) is 11.9. The van der Waals surface area contributed by atoms with Crippen LogP contribution < -0.4 is 4.74 Å². The van der Waals surface area contributed by atoms with Gasteiger partial charge in [-0.3, -0.25) is 9.78 Å². The predicted molar refractivity (Wildman–Crippen MR) is 117 cm³/mol. The van der Waals surface area contributed by atoms with Crippen LogP contribution in [0.25, 0.3) is 0 Å². The number of rotatable bonds is 6. The maximum atomic E-state index is 13.3. The molecule has 8 heteroatoms. The second-order valence-electron chi connectivity index (χ2n) is 6.31. The Morgan fingerprint density at radius 2 is 1.83 bits per heavy atom. The highest BCUT2D eigenvalue weighted by Gasteiger charge is 2.20. The number of carbonyl (C=O) groups is 1. The smallest absolute Gasteiger partial charge is 0.254 e. The fraction of sp³-hybridized carbons (Fsp3) is 0.143. The first kappa shape index (κ1) is 21.4. The molecule has 0 aliphatic carbocycles. The number of hydrogen-bond donors (Lipinski definition) is 1. The fourth-order valence-corrected chi connectivity index (χ4v) is 3.88. The van der Waals surface area contributed by atoms with Crippen LogP contribution >= 0.6 is 39.1 Å². The molecule has 0 spiro atoms. The monoisotopic (exact) mass is 494 g/mol. The van der Waals surface area contributed by atoms with Crippen LogP contribution in [0.5, 0.6) is 11.5 Å². The van der Waals surface area contributed by atoms with Crippen molar-refractivity contribution in [2.45, 2.75) is 13.1 Å². The van der Waals surface area contributed by atoms with Gasteiger partial charge in [0.25, 0.3) is 5.91 Å². The van der Waals surface area contributed by atoms with Crippen LogP contribution in [0.15, 0.2) is 59.3 Å². The zero-order chi connectivity index (χ0) is 21.0. The quantitative estimate of drug-likeness (QED) is 0.475. The van der Waals surface area contributed by atoms with Crippen LogP contribution in [0.4, 0.5) is 0 Å². The zero-order valence-corrected chi connectivity index (χ0v) is 18.5. The van der Waals surface area contributed by atoms with Crippen molar-refractivity contribution in [3.63, 3.8) is 0 Å². The van der Waals surface area contributed by atoms with E-state index in [1.165, 1.54) is 13.2 Å². The first-order valence-corrected chi connectivity index (χ1v) is 10.1. The summed E-state index contributed by atoms with van der Waals surface area (Å²) in [5.74, 6) is -0.108. The van der Waals surface area contributed by atoms with Crippen LogP contribution in [0.1, 0.15) is 21.5 Å². The van der Waals surface area contributed by atoms with E-state index in [1.807, 2.05) is 12.1 Å². The average Bonchev–Trinajstić information content (AvgIpc) is 2.69. The van der Waals surface area contributed by atoms with Gasteiger partial charge in [-0.05, 0) is 63.5 Å². The molecule has 1 heterocycles. The number of benzene rings is 2. The summed E-state index contributed by atoms with van der Waals surface area (Å²) in [5, 5.41) is 11.0. The summed E-state index contributed by atoms with van der Waals surface area (Å²) in [5.41, 5.74) is 2.03. The average molecular weight is 496 g/mol. The molecular weight excluding hydrogens is 479 g/mol. The maximum absolute atomic E-state index is 13.3. The minimum absolute atomic E-state index is 0.0653. The van der Waals surface area contributed by atoms with Gasteiger partial charge >= 0.3 is 0 Å². The first-order valence-electron chi connectivity index (χ1n) is 8.57. The van der Waals surface area contributed by atoms with Gasteiger partial charge in [0.05, 0.1) is 11.6 Å². The van der Waals surface area contributed by atoms with Crippen molar-refractivity contribution in [1.82, 2.24) is 9.88 Å². The van der Waals surface area contributed by atoms with Gasteiger partial charge in [0.2, 0.25) is 0 Å². The molecule has 0 atom stereocenters. The predicted octanol–water partition coefficient (Wildman–Crippen LogP) is 5.71. The van der Waals surface area contributed by atoms with Crippen molar-refractivity contribution in [2.75, 3.05) is 7.11 Å². The summed E-state index contributed by atoms with van der Waals surface area (Å²) < 4.78 is 5.54. The molecule has 5 nitrogen and oxygen atoms in total. The van der Waals surface area contributed by atoms with Crippen LogP contribution in [0, 0.1) is 0 Å². The molecular formula is C21H17BrCl2N2O3. The Bertz CT molecular complexity index is 1010. The third kappa shape index (κ3) is 5.41. The number of halogens is 3. The summed E-state index contributed by atoms with van der Waals surface area (Å²) in [6.07, 6.45) is 3.38. The van der Waals surface area contributed by atoms with E-state index in [0.29, 0.717) is 26.6 Å². The molecule has 3 aromatic rings. The summed E-state index contributed by atoms with van der Waals surface area (Å²) in [7, 11) is 1.43. The standard InChI is InChI=1S/C21H17BrCl2N2O3/c1-29-19-8-15(7-18(22)20(19)27)21(28)26(11-13-3-2-4-25-10-13)12-14-5-16(23)9-17(24)6-14/h2-10,27H,11-12H2,1H3. The van der Waals surface area contributed by atoms with E-state index in [4.69, 9.17) is 27.9 Å². The molecule has 29 heavy (non-hydrogen) atoms. The number of amides is 1. The second-order valence-corrected chi connectivity index (χ2v) is 8.04. The van der Waals surface area contributed by atoms with E-state index in [1.54, 1.807) is 41.6 Å². The van der Waals surface area contributed by atoms with Crippen molar-refractivity contribution < 1.29 is 14.6 Å². The maximum Gasteiger partial charge on any atom is 0.254 e. The highest BCUT2D eigenvalue weighted by molar-refractivity contribution is 9.10. The molecule has 0 radical (unpaired) electrons. The van der Waals surface area contributed by atoms with E-state index >= 15 is 0 Å². The molecule has 3 rings (SSSR count). The molecule has 0 fully saturated rings. The lowest BCUT2D eigenvalue weighted by molar-refractivity contribution is 0.0729. The number of methoxy groups -OCH3 is 1. The lowest BCUT2D eigenvalue weighted by Gasteiger charge is -2.24. The van der Waals surface area contributed by atoms with Gasteiger partial charge in [-0.2, -0.15) is 0 Å². The Morgan fingerprint density at radius 3 is 2.45 bits per heavy atom. The van der Waals surface area contributed by atoms with Crippen molar-refractivity contribution in [3.05, 3.63) is 86.1 Å². The number of pyridine rings is 1. The molecule has 0 aliphatic rings. The summed E-state index contributed by atoms with van der Waals surface area (Å²) >= 11 is 15.5.